The molecule has 0 saturated carbocycles. The lowest BCUT2D eigenvalue weighted by molar-refractivity contribution is -0.145. The summed E-state index contributed by atoms with van der Waals surface area (Å²) in [6.07, 6.45) is 1.78. The number of nitrogens with zero attached hydrogens (tertiary/aromatic N) is 3. The van der Waals surface area contributed by atoms with Gasteiger partial charge in [0.1, 0.15) is 0 Å². The number of rotatable bonds is 7. The SMILES string of the molecule is Cc1cccc(-c2nnc(COC(=O)CCCc3nc4ccccc4s3)o2)c1. The topological polar surface area (TPSA) is 78.1 Å². The van der Waals surface area contributed by atoms with Crippen molar-refractivity contribution in [2.24, 2.45) is 0 Å². The lowest BCUT2D eigenvalue weighted by atomic mass is 10.1. The molecule has 0 fully saturated rings. The molecule has 0 amide bonds. The number of thiazole rings is 1. The van der Waals surface area contributed by atoms with Gasteiger partial charge in [0.25, 0.3) is 5.89 Å². The zero-order valence-corrected chi connectivity index (χ0v) is 16.2. The van der Waals surface area contributed by atoms with Crippen LogP contribution < -0.4 is 0 Å². The minimum absolute atomic E-state index is 0.0151. The summed E-state index contributed by atoms with van der Waals surface area (Å²) in [5.74, 6) is 0.429. The second kappa shape index (κ2) is 8.31. The molecule has 0 radical (unpaired) electrons. The molecular weight excluding hydrogens is 374 g/mol. The number of fused-ring (bicyclic) bond motifs is 1. The summed E-state index contributed by atoms with van der Waals surface area (Å²) in [6.45, 7) is 1.98. The molecule has 2 aromatic carbocycles. The molecule has 0 saturated heterocycles. The van der Waals surface area contributed by atoms with Crippen molar-refractivity contribution in [1.29, 1.82) is 0 Å². The zero-order valence-electron chi connectivity index (χ0n) is 15.4. The van der Waals surface area contributed by atoms with E-state index in [4.69, 9.17) is 9.15 Å². The molecule has 7 heteroatoms. The van der Waals surface area contributed by atoms with Gasteiger partial charge in [-0.3, -0.25) is 4.79 Å². The van der Waals surface area contributed by atoms with E-state index in [0.717, 1.165) is 28.1 Å². The molecule has 0 unspecified atom stereocenters. The molecule has 4 rings (SSSR count). The van der Waals surface area contributed by atoms with Crippen LogP contribution in [0, 0.1) is 6.92 Å². The fourth-order valence-electron chi connectivity index (χ4n) is 2.83. The predicted octanol–water partition coefficient (Wildman–Crippen LogP) is 4.72. The highest BCUT2D eigenvalue weighted by Gasteiger charge is 2.12. The number of ether oxygens (including phenoxy) is 1. The minimum Gasteiger partial charge on any atom is -0.456 e. The molecule has 0 spiro atoms. The van der Waals surface area contributed by atoms with Gasteiger partial charge >= 0.3 is 5.97 Å². The van der Waals surface area contributed by atoms with Crippen molar-refractivity contribution in [3.63, 3.8) is 0 Å². The summed E-state index contributed by atoms with van der Waals surface area (Å²) in [7, 11) is 0. The summed E-state index contributed by atoms with van der Waals surface area (Å²) < 4.78 is 12.0. The Morgan fingerprint density at radius 3 is 2.89 bits per heavy atom. The highest BCUT2D eigenvalue weighted by molar-refractivity contribution is 7.18. The molecule has 28 heavy (non-hydrogen) atoms. The Bertz CT molecular complexity index is 1070. The maximum Gasteiger partial charge on any atom is 0.306 e. The fraction of sp³-hybridized carbons (Fsp3) is 0.238. The van der Waals surface area contributed by atoms with Crippen LogP contribution in [0.2, 0.25) is 0 Å². The highest BCUT2D eigenvalue weighted by Crippen LogP contribution is 2.23. The first-order valence-corrected chi connectivity index (χ1v) is 9.88. The molecular formula is C21H19N3O3S. The molecule has 2 aromatic heterocycles. The average Bonchev–Trinajstić information content (AvgIpc) is 3.33. The number of para-hydroxylation sites is 1. The van der Waals surface area contributed by atoms with E-state index in [2.05, 4.69) is 21.2 Å². The normalized spacial score (nSPS) is 11.0. The van der Waals surface area contributed by atoms with E-state index < -0.39 is 0 Å². The van der Waals surface area contributed by atoms with Gasteiger partial charge < -0.3 is 9.15 Å². The van der Waals surface area contributed by atoms with Crippen LogP contribution in [0.4, 0.5) is 0 Å². The summed E-state index contributed by atoms with van der Waals surface area (Å²) in [4.78, 5) is 16.5. The van der Waals surface area contributed by atoms with Crippen molar-refractivity contribution in [2.75, 3.05) is 0 Å². The molecule has 0 aliphatic rings. The molecule has 2 heterocycles. The van der Waals surface area contributed by atoms with Crippen LogP contribution >= 0.6 is 11.3 Å². The quantitative estimate of drug-likeness (QED) is 0.423. The maximum atomic E-state index is 12.0. The minimum atomic E-state index is -0.281. The molecule has 0 bridgehead atoms. The lowest BCUT2D eigenvalue weighted by Gasteiger charge is -2.01. The van der Waals surface area contributed by atoms with Crippen molar-refractivity contribution in [3.8, 4) is 11.5 Å². The summed E-state index contributed by atoms with van der Waals surface area (Å²) in [6, 6.07) is 15.8. The Hall–Kier alpha value is -3.06. The number of esters is 1. The van der Waals surface area contributed by atoms with E-state index in [9.17, 15) is 4.79 Å². The van der Waals surface area contributed by atoms with Crippen molar-refractivity contribution in [3.05, 3.63) is 65.0 Å². The van der Waals surface area contributed by atoms with E-state index in [-0.39, 0.29) is 18.5 Å². The number of carbonyl (C=O) groups is 1. The van der Waals surface area contributed by atoms with Crippen LogP contribution in [-0.2, 0) is 22.6 Å². The van der Waals surface area contributed by atoms with Gasteiger partial charge in [-0.25, -0.2) is 4.98 Å². The first-order chi connectivity index (χ1) is 13.7. The van der Waals surface area contributed by atoms with Crippen LogP contribution in [0.3, 0.4) is 0 Å². The Kier molecular flexibility index (Phi) is 5.43. The Balaban J connectivity index is 1.24. The van der Waals surface area contributed by atoms with Gasteiger partial charge in [0.05, 0.1) is 15.2 Å². The van der Waals surface area contributed by atoms with Gasteiger partial charge in [0, 0.05) is 12.0 Å². The van der Waals surface area contributed by atoms with Crippen LogP contribution in [-0.4, -0.2) is 21.2 Å². The van der Waals surface area contributed by atoms with E-state index in [1.165, 1.54) is 4.70 Å². The molecule has 142 valence electrons. The predicted molar refractivity (Wildman–Crippen MR) is 107 cm³/mol. The fourth-order valence-corrected chi connectivity index (χ4v) is 3.84. The third kappa shape index (κ3) is 4.43. The third-order valence-electron chi connectivity index (χ3n) is 4.20. The van der Waals surface area contributed by atoms with E-state index >= 15 is 0 Å². The van der Waals surface area contributed by atoms with Crippen LogP contribution in [0.1, 0.15) is 29.3 Å². The van der Waals surface area contributed by atoms with Gasteiger partial charge in [-0.1, -0.05) is 29.8 Å². The van der Waals surface area contributed by atoms with Gasteiger partial charge in [-0.2, -0.15) is 0 Å². The van der Waals surface area contributed by atoms with Gasteiger partial charge in [0.2, 0.25) is 5.89 Å². The third-order valence-corrected chi connectivity index (χ3v) is 5.29. The molecule has 4 aromatic rings. The lowest BCUT2D eigenvalue weighted by Crippen LogP contribution is -2.05. The second-order valence-corrected chi connectivity index (χ2v) is 7.58. The Morgan fingerprint density at radius 2 is 2.04 bits per heavy atom. The highest BCUT2D eigenvalue weighted by atomic mass is 32.1. The van der Waals surface area contributed by atoms with Gasteiger partial charge in [-0.05, 0) is 44.0 Å². The van der Waals surface area contributed by atoms with E-state index in [1.54, 1.807) is 11.3 Å². The molecule has 0 N–H and O–H groups in total. The Labute approximate surface area is 166 Å². The number of carbonyl (C=O) groups excluding carboxylic acids is 1. The van der Waals surface area contributed by atoms with E-state index in [0.29, 0.717) is 18.7 Å². The Morgan fingerprint density at radius 1 is 1.14 bits per heavy atom. The van der Waals surface area contributed by atoms with Crippen molar-refractivity contribution in [1.82, 2.24) is 15.2 Å². The van der Waals surface area contributed by atoms with Gasteiger partial charge in [-0.15, -0.1) is 21.5 Å². The largest absolute Gasteiger partial charge is 0.456 e. The number of hydrogen-bond acceptors (Lipinski definition) is 7. The maximum absolute atomic E-state index is 12.0. The monoisotopic (exact) mass is 393 g/mol. The van der Waals surface area contributed by atoms with Crippen LogP contribution in [0.5, 0.6) is 0 Å². The van der Waals surface area contributed by atoms with Crippen molar-refractivity contribution >= 4 is 27.5 Å². The first kappa shape index (κ1) is 18.3. The standard InChI is InChI=1S/C21H19N3O3S/c1-14-6-4-7-15(12-14)21-24-23-18(27-21)13-26-20(25)11-5-10-19-22-16-8-2-3-9-17(16)28-19/h2-4,6-9,12H,5,10-11,13H2,1H3. The number of benzene rings is 2. The number of aryl methyl sites for hydroxylation is 2. The first-order valence-electron chi connectivity index (χ1n) is 9.07. The smallest absolute Gasteiger partial charge is 0.306 e. The van der Waals surface area contributed by atoms with E-state index in [1.807, 2.05) is 49.4 Å². The number of aromatic nitrogens is 3. The van der Waals surface area contributed by atoms with Crippen molar-refractivity contribution < 1.29 is 13.9 Å². The molecule has 0 aliphatic carbocycles. The van der Waals surface area contributed by atoms with Crippen LogP contribution in [0.15, 0.2) is 52.9 Å². The summed E-state index contributed by atoms with van der Waals surface area (Å²) in [5, 5.41) is 8.99. The zero-order chi connectivity index (χ0) is 19.3. The number of hydrogen-bond donors (Lipinski definition) is 0. The second-order valence-electron chi connectivity index (χ2n) is 6.46. The van der Waals surface area contributed by atoms with Crippen molar-refractivity contribution in [2.45, 2.75) is 32.8 Å². The molecule has 6 nitrogen and oxygen atoms in total. The summed E-state index contributed by atoms with van der Waals surface area (Å²) >= 11 is 1.66. The molecule has 0 aliphatic heterocycles. The molecule has 0 atom stereocenters. The average molecular weight is 393 g/mol. The van der Waals surface area contributed by atoms with Crippen LogP contribution in [0.25, 0.3) is 21.7 Å². The summed E-state index contributed by atoms with van der Waals surface area (Å²) in [5.41, 5.74) is 2.96. The van der Waals surface area contributed by atoms with Gasteiger partial charge in [0.15, 0.2) is 6.61 Å².